The fraction of sp³-hybridized carbons (Fsp3) is 0.571. The third-order valence-electron chi connectivity index (χ3n) is 3.37. The molecule has 0 saturated heterocycles. The van der Waals surface area contributed by atoms with E-state index < -0.39 is 5.97 Å². The number of nitrogens with zero attached hydrogens (tertiary/aromatic N) is 1. The SMILES string of the molecule is CC(CCCNC(=O)N(C)C(C)c1cccs1)C(=O)O. The second kappa shape index (κ2) is 7.89. The van der Waals surface area contributed by atoms with Gasteiger partial charge in [-0.1, -0.05) is 13.0 Å². The minimum absolute atomic E-state index is 0.0351. The van der Waals surface area contributed by atoms with E-state index in [1.165, 1.54) is 0 Å². The van der Waals surface area contributed by atoms with Crippen LogP contribution in [0, 0.1) is 5.92 Å². The molecular formula is C14H22N2O3S. The standard InChI is InChI=1S/C14H22N2O3S/c1-10(13(17)18)6-4-8-15-14(19)16(3)11(2)12-7-5-9-20-12/h5,7,9-11H,4,6,8H2,1-3H3,(H,15,19)(H,17,18). The molecule has 1 heterocycles. The van der Waals surface area contributed by atoms with Crippen LogP contribution in [0.1, 0.15) is 37.6 Å². The molecule has 0 bridgehead atoms. The van der Waals surface area contributed by atoms with Gasteiger partial charge >= 0.3 is 12.0 Å². The van der Waals surface area contributed by atoms with E-state index in [1.807, 2.05) is 24.4 Å². The molecule has 0 fully saturated rings. The Labute approximate surface area is 123 Å². The summed E-state index contributed by atoms with van der Waals surface area (Å²) in [6.07, 6.45) is 1.24. The number of urea groups is 1. The first-order chi connectivity index (χ1) is 9.43. The van der Waals surface area contributed by atoms with Gasteiger partial charge in [0.1, 0.15) is 0 Å². The zero-order chi connectivity index (χ0) is 15.1. The topological polar surface area (TPSA) is 69.6 Å². The minimum Gasteiger partial charge on any atom is -0.481 e. The fourth-order valence-electron chi connectivity index (χ4n) is 1.75. The summed E-state index contributed by atoms with van der Waals surface area (Å²) in [5.74, 6) is -1.16. The van der Waals surface area contributed by atoms with E-state index in [9.17, 15) is 9.59 Å². The van der Waals surface area contributed by atoms with Gasteiger partial charge in [-0.15, -0.1) is 11.3 Å². The van der Waals surface area contributed by atoms with Crippen molar-refractivity contribution >= 4 is 23.3 Å². The number of thiophene rings is 1. The Balaban J connectivity index is 2.30. The van der Waals surface area contributed by atoms with Gasteiger partial charge in [0.25, 0.3) is 0 Å². The Morgan fingerprint density at radius 2 is 2.15 bits per heavy atom. The quantitative estimate of drug-likeness (QED) is 0.760. The van der Waals surface area contributed by atoms with Crippen molar-refractivity contribution in [1.82, 2.24) is 10.2 Å². The van der Waals surface area contributed by atoms with Crippen LogP contribution in [0.15, 0.2) is 17.5 Å². The van der Waals surface area contributed by atoms with Crippen molar-refractivity contribution in [3.8, 4) is 0 Å². The van der Waals surface area contributed by atoms with Gasteiger partial charge in [-0.25, -0.2) is 4.79 Å². The molecular weight excluding hydrogens is 276 g/mol. The lowest BCUT2D eigenvalue weighted by Gasteiger charge is -2.24. The maximum Gasteiger partial charge on any atom is 0.317 e. The molecule has 2 unspecified atom stereocenters. The molecule has 5 nitrogen and oxygen atoms in total. The van der Waals surface area contributed by atoms with Crippen molar-refractivity contribution in [3.63, 3.8) is 0 Å². The van der Waals surface area contributed by atoms with Gasteiger partial charge in [-0.05, 0) is 31.2 Å². The van der Waals surface area contributed by atoms with Gasteiger partial charge in [-0.3, -0.25) is 4.79 Å². The smallest absolute Gasteiger partial charge is 0.317 e. The van der Waals surface area contributed by atoms with Crippen molar-refractivity contribution in [3.05, 3.63) is 22.4 Å². The third kappa shape index (κ3) is 4.85. The van der Waals surface area contributed by atoms with Gasteiger partial charge in [0.05, 0.1) is 12.0 Å². The van der Waals surface area contributed by atoms with E-state index in [0.717, 1.165) is 4.88 Å². The molecule has 0 aliphatic carbocycles. The van der Waals surface area contributed by atoms with Crippen molar-refractivity contribution in [1.29, 1.82) is 0 Å². The Kier molecular flexibility index (Phi) is 6.51. The highest BCUT2D eigenvalue weighted by molar-refractivity contribution is 7.10. The van der Waals surface area contributed by atoms with Crippen LogP contribution in [0.2, 0.25) is 0 Å². The molecule has 0 aliphatic heterocycles. The molecule has 0 spiro atoms. The van der Waals surface area contributed by atoms with Crippen LogP contribution in [0.4, 0.5) is 4.79 Å². The first-order valence-electron chi connectivity index (χ1n) is 6.70. The monoisotopic (exact) mass is 298 g/mol. The molecule has 0 saturated carbocycles. The summed E-state index contributed by atoms with van der Waals surface area (Å²) in [4.78, 5) is 25.4. The zero-order valence-electron chi connectivity index (χ0n) is 12.1. The molecule has 6 heteroatoms. The average molecular weight is 298 g/mol. The number of carbonyl (C=O) groups excluding carboxylic acids is 1. The first-order valence-corrected chi connectivity index (χ1v) is 7.58. The number of carboxylic acid groups (broad SMARTS) is 1. The Morgan fingerprint density at radius 3 is 2.70 bits per heavy atom. The number of nitrogens with one attached hydrogen (secondary N) is 1. The number of hydrogen-bond donors (Lipinski definition) is 2. The highest BCUT2D eigenvalue weighted by Crippen LogP contribution is 2.23. The fourth-order valence-corrected chi connectivity index (χ4v) is 2.57. The molecule has 1 aromatic rings. The number of carbonyl (C=O) groups is 2. The molecule has 0 radical (unpaired) electrons. The molecule has 112 valence electrons. The Bertz CT molecular complexity index is 434. The van der Waals surface area contributed by atoms with Crippen molar-refractivity contribution in [2.75, 3.05) is 13.6 Å². The summed E-state index contributed by atoms with van der Waals surface area (Å²) in [5, 5.41) is 13.6. The van der Waals surface area contributed by atoms with Crippen LogP contribution >= 0.6 is 11.3 Å². The lowest BCUT2D eigenvalue weighted by atomic mass is 10.1. The van der Waals surface area contributed by atoms with E-state index in [0.29, 0.717) is 19.4 Å². The van der Waals surface area contributed by atoms with Crippen LogP contribution in [0.5, 0.6) is 0 Å². The number of hydrogen-bond acceptors (Lipinski definition) is 3. The van der Waals surface area contributed by atoms with Crippen LogP contribution in [-0.2, 0) is 4.79 Å². The summed E-state index contributed by atoms with van der Waals surface area (Å²) < 4.78 is 0. The minimum atomic E-state index is -0.792. The van der Waals surface area contributed by atoms with Crippen LogP contribution < -0.4 is 5.32 Å². The number of rotatable bonds is 7. The van der Waals surface area contributed by atoms with E-state index in [-0.39, 0.29) is 18.0 Å². The summed E-state index contributed by atoms with van der Waals surface area (Å²) >= 11 is 1.63. The zero-order valence-corrected chi connectivity index (χ0v) is 12.9. The molecule has 20 heavy (non-hydrogen) atoms. The lowest BCUT2D eigenvalue weighted by Crippen LogP contribution is -2.39. The molecule has 0 aliphatic rings. The lowest BCUT2D eigenvalue weighted by molar-refractivity contribution is -0.141. The molecule has 2 N–H and O–H groups in total. The van der Waals surface area contributed by atoms with Crippen molar-refractivity contribution in [2.45, 2.75) is 32.7 Å². The summed E-state index contributed by atoms with van der Waals surface area (Å²) in [6.45, 7) is 4.16. The summed E-state index contributed by atoms with van der Waals surface area (Å²) in [5.41, 5.74) is 0. The van der Waals surface area contributed by atoms with Gasteiger partial charge in [0.15, 0.2) is 0 Å². The van der Waals surface area contributed by atoms with Gasteiger partial charge < -0.3 is 15.3 Å². The molecule has 2 atom stereocenters. The van der Waals surface area contributed by atoms with Crippen molar-refractivity contribution in [2.24, 2.45) is 5.92 Å². The number of aliphatic carboxylic acids is 1. The second-order valence-electron chi connectivity index (χ2n) is 4.92. The predicted molar refractivity (Wildman–Crippen MR) is 79.9 cm³/mol. The largest absolute Gasteiger partial charge is 0.481 e. The first kappa shape index (κ1) is 16.5. The van der Waals surface area contributed by atoms with Gasteiger partial charge in [-0.2, -0.15) is 0 Å². The van der Waals surface area contributed by atoms with Crippen LogP contribution in [0.25, 0.3) is 0 Å². The van der Waals surface area contributed by atoms with E-state index in [1.54, 1.807) is 30.2 Å². The second-order valence-corrected chi connectivity index (χ2v) is 5.90. The van der Waals surface area contributed by atoms with Crippen molar-refractivity contribution < 1.29 is 14.7 Å². The third-order valence-corrected chi connectivity index (χ3v) is 4.41. The summed E-state index contributed by atoms with van der Waals surface area (Å²) in [7, 11) is 1.76. The van der Waals surface area contributed by atoms with Crippen LogP contribution in [-0.4, -0.2) is 35.6 Å². The maximum absolute atomic E-state index is 12.0. The van der Waals surface area contributed by atoms with Crippen LogP contribution in [0.3, 0.4) is 0 Å². The predicted octanol–water partition coefficient (Wildman–Crippen LogP) is 2.95. The highest BCUT2D eigenvalue weighted by atomic mass is 32.1. The molecule has 1 rings (SSSR count). The Hall–Kier alpha value is -1.56. The number of amides is 2. The molecule has 1 aromatic heterocycles. The van der Waals surface area contributed by atoms with E-state index in [2.05, 4.69) is 5.32 Å². The van der Waals surface area contributed by atoms with E-state index >= 15 is 0 Å². The highest BCUT2D eigenvalue weighted by Gasteiger charge is 2.17. The summed E-state index contributed by atoms with van der Waals surface area (Å²) in [6, 6.07) is 3.88. The number of carboxylic acids is 1. The molecule has 0 aromatic carbocycles. The normalized spacial score (nSPS) is 13.6. The average Bonchev–Trinajstić information content (AvgIpc) is 2.95. The van der Waals surface area contributed by atoms with Gasteiger partial charge in [0, 0.05) is 18.5 Å². The Morgan fingerprint density at radius 1 is 1.45 bits per heavy atom. The van der Waals surface area contributed by atoms with E-state index in [4.69, 9.17) is 5.11 Å². The maximum atomic E-state index is 12.0. The molecule has 2 amide bonds. The van der Waals surface area contributed by atoms with Gasteiger partial charge in [0.2, 0.25) is 0 Å².